The van der Waals surface area contributed by atoms with E-state index in [1.54, 1.807) is 0 Å². The molecule has 0 radical (unpaired) electrons. The van der Waals surface area contributed by atoms with Crippen molar-refractivity contribution in [3.8, 4) is 11.5 Å². The minimum absolute atomic E-state index is 0.0290. The fraction of sp³-hybridized carbons (Fsp3) is 0.400. The van der Waals surface area contributed by atoms with E-state index in [-0.39, 0.29) is 18.2 Å². The van der Waals surface area contributed by atoms with Gasteiger partial charge in [-0.25, -0.2) is 0 Å². The van der Waals surface area contributed by atoms with Crippen LogP contribution >= 0.6 is 0 Å². The molecule has 1 N–H and O–H groups in total. The minimum atomic E-state index is -5.22. The molecule has 0 aromatic heterocycles. The molecule has 14 heteroatoms. The van der Waals surface area contributed by atoms with Crippen LogP contribution in [-0.4, -0.2) is 38.0 Å². The third-order valence-corrected chi connectivity index (χ3v) is 3.00. The Morgan fingerprint density at radius 2 is 1.17 bits per heavy atom. The van der Waals surface area contributed by atoms with Crippen molar-refractivity contribution in [2.75, 3.05) is 0 Å². The van der Waals surface area contributed by atoms with Gasteiger partial charge in [-0.2, -0.15) is 43.5 Å². The van der Waals surface area contributed by atoms with Crippen molar-refractivity contribution < 1.29 is 57.6 Å². The van der Waals surface area contributed by atoms with E-state index in [1.807, 2.05) is 0 Å². The van der Waals surface area contributed by atoms with Gasteiger partial charge in [0, 0.05) is 18.2 Å². The first-order chi connectivity index (χ1) is 10.6. The Balaban J connectivity index is 3.34. The second-order valence-corrected chi connectivity index (χ2v) is 5.47. The molecule has 0 aliphatic rings. The van der Waals surface area contributed by atoms with Crippen LogP contribution in [0, 0.1) is 0 Å². The molecule has 0 fully saturated rings. The summed E-state index contributed by atoms with van der Waals surface area (Å²) in [7, 11) is -5.22. The highest BCUT2D eigenvalue weighted by Crippen LogP contribution is 2.35. The van der Waals surface area contributed by atoms with Crippen LogP contribution in [0.4, 0.5) is 35.1 Å². The molecule has 0 aliphatic heterocycles. The molecule has 0 amide bonds. The second-order valence-electron chi connectivity index (χ2n) is 4.04. The number of benzene rings is 1. The maximum Gasteiger partial charge on any atom is 0.461 e. The van der Waals surface area contributed by atoms with Crippen molar-refractivity contribution in [1.29, 1.82) is 0 Å². The number of hydrogen-bond acceptors (Lipinski definition) is 4. The standard InChI is InChI=1S/C10H6F8O5S/c11-7(12)9(15,16)22-4-1-5(23-10(17,18)8(13)14)3-6(2-4)24(19,20)21/h1-3,7-8H,(H,19,20,21). The van der Waals surface area contributed by atoms with Crippen LogP contribution in [0.25, 0.3) is 0 Å². The normalized spacial score (nSPS) is 13.5. The highest BCUT2D eigenvalue weighted by molar-refractivity contribution is 7.85. The van der Waals surface area contributed by atoms with E-state index in [2.05, 4.69) is 9.47 Å². The molecule has 0 unspecified atom stereocenters. The molecule has 0 saturated heterocycles. The highest BCUT2D eigenvalue weighted by atomic mass is 32.2. The smallest absolute Gasteiger partial charge is 0.428 e. The number of alkyl halides is 8. The first-order valence-electron chi connectivity index (χ1n) is 5.47. The van der Waals surface area contributed by atoms with Crippen LogP contribution < -0.4 is 9.47 Å². The summed E-state index contributed by atoms with van der Waals surface area (Å²) in [6.45, 7) is 0. The van der Waals surface area contributed by atoms with Crippen LogP contribution in [0.15, 0.2) is 23.1 Å². The molecular weight excluding hydrogens is 384 g/mol. The van der Waals surface area contributed by atoms with Gasteiger partial charge in [0.15, 0.2) is 0 Å². The van der Waals surface area contributed by atoms with Gasteiger partial charge >= 0.3 is 25.1 Å². The van der Waals surface area contributed by atoms with E-state index >= 15 is 0 Å². The van der Waals surface area contributed by atoms with Crippen LogP contribution in [0.5, 0.6) is 11.5 Å². The molecule has 1 rings (SSSR count). The molecule has 5 nitrogen and oxygen atoms in total. The molecule has 138 valence electrons. The average Bonchev–Trinajstić information content (AvgIpc) is 2.35. The number of halogens is 8. The first-order valence-corrected chi connectivity index (χ1v) is 6.91. The average molecular weight is 390 g/mol. The van der Waals surface area contributed by atoms with Crippen molar-refractivity contribution in [3.63, 3.8) is 0 Å². The second kappa shape index (κ2) is 6.58. The Hall–Kier alpha value is -1.83. The predicted molar refractivity (Wildman–Crippen MR) is 59.4 cm³/mol. The highest BCUT2D eigenvalue weighted by Gasteiger charge is 2.46. The Morgan fingerprint density at radius 3 is 1.42 bits per heavy atom. The largest absolute Gasteiger partial charge is 0.461 e. The maximum atomic E-state index is 12.8. The van der Waals surface area contributed by atoms with Gasteiger partial charge in [0.05, 0.1) is 0 Å². The van der Waals surface area contributed by atoms with Crippen molar-refractivity contribution in [3.05, 3.63) is 18.2 Å². The van der Waals surface area contributed by atoms with Gasteiger partial charge in [-0.1, -0.05) is 0 Å². The van der Waals surface area contributed by atoms with E-state index in [9.17, 15) is 43.5 Å². The molecule has 24 heavy (non-hydrogen) atoms. The van der Waals surface area contributed by atoms with Crippen LogP contribution in [0.1, 0.15) is 0 Å². The van der Waals surface area contributed by atoms with E-state index in [0.717, 1.165) is 0 Å². The summed E-state index contributed by atoms with van der Waals surface area (Å²) in [6.07, 6.45) is -19.1. The lowest BCUT2D eigenvalue weighted by Crippen LogP contribution is -2.34. The maximum absolute atomic E-state index is 12.8. The molecular formula is C10H6F8O5S. The van der Waals surface area contributed by atoms with Crippen molar-refractivity contribution in [2.24, 2.45) is 0 Å². The zero-order chi connectivity index (χ0) is 18.9. The zero-order valence-electron chi connectivity index (χ0n) is 10.9. The van der Waals surface area contributed by atoms with Gasteiger partial charge in [0.1, 0.15) is 16.4 Å². The van der Waals surface area contributed by atoms with E-state index < -0.39 is 51.6 Å². The summed E-state index contributed by atoms with van der Waals surface area (Å²) in [4.78, 5) is -1.40. The van der Waals surface area contributed by atoms with Gasteiger partial charge in [0.25, 0.3) is 10.1 Å². The molecule has 0 saturated carbocycles. The monoisotopic (exact) mass is 390 g/mol. The Morgan fingerprint density at radius 1 is 0.833 bits per heavy atom. The van der Waals surface area contributed by atoms with Crippen molar-refractivity contribution in [2.45, 2.75) is 30.0 Å². The molecule has 1 aromatic rings. The molecule has 0 atom stereocenters. The summed E-state index contributed by atoms with van der Waals surface area (Å²) in [5.41, 5.74) is 0. The minimum Gasteiger partial charge on any atom is -0.428 e. The van der Waals surface area contributed by atoms with Gasteiger partial charge in [-0.15, -0.1) is 0 Å². The third-order valence-electron chi connectivity index (χ3n) is 2.17. The quantitative estimate of drug-likeness (QED) is 0.571. The molecule has 0 heterocycles. The SMILES string of the molecule is O=S(=O)(O)c1cc(OC(F)(F)C(F)F)cc(OC(F)(F)C(F)F)c1. The summed E-state index contributed by atoms with van der Waals surface area (Å²) < 4.78 is 137. The topological polar surface area (TPSA) is 72.8 Å². The van der Waals surface area contributed by atoms with Gasteiger partial charge in [-0.3, -0.25) is 4.55 Å². The third kappa shape index (κ3) is 5.09. The fourth-order valence-corrected chi connectivity index (χ4v) is 1.75. The number of hydrogen-bond donors (Lipinski definition) is 1. The lowest BCUT2D eigenvalue weighted by molar-refractivity contribution is -0.255. The summed E-state index contributed by atoms with van der Waals surface area (Å²) in [5, 5.41) is 0. The number of rotatable bonds is 7. The van der Waals surface area contributed by atoms with Gasteiger partial charge < -0.3 is 9.47 Å². The van der Waals surface area contributed by atoms with E-state index in [0.29, 0.717) is 0 Å². The molecule has 0 spiro atoms. The van der Waals surface area contributed by atoms with Crippen LogP contribution in [-0.2, 0) is 10.1 Å². The van der Waals surface area contributed by atoms with Crippen LogP contribution in [0.3, 0.4) is 0 Å². The van der Waals surface area contributed by atoms with Gasteiger partial charge in [-0.05, 0) is 0 Å². The lowest BCUT2D eigenvalue weighted by Gasteiger charge is -2.20. The summed E-state index contributed by atoms with van der Waals surface area (Å²) in [5.74, 6) is -2.93. The Labute approximate surface area is 128 Å². The molecule has 1 aromatic carbocycles. The van der Waals surface area contributed by atoms with E-state index in [4.69, 9.17) is 4.55 Å². The van der Waals surface area contributed by atoms with Crippen molar-refractivity contribution >= 4 is 10.1 Å². The van der Waals surface area contributed by atoms with E-state index in [1.165, 1.54) is 0 Å². The molecule has 0 bridgehead atoms. The number of ether oxygens (including phenoxy) is 2. The summed E-state index contributed by atoms with van der Waals surface area (Å²) >= 11 is 0. The van der Waals surface area contributed by atoms with Gasteiger partial charge in [0.2, 0.25) is 0 Å². The molecule has 0 aliphatic carbocycles. The van der Waals surface area contributed by atoms with Crippen LogP contribution in [0.2, 0.25) is 0 Å². The first kappa shape index (κ1) is 20.2. The predicted octanol–water partition coefficient (Wildman–Crippen LogP) is 3.41. The lowest BCUT2D eigenvalue weighted by atomic mass is 10.3. The fourth-order valence-electron chi connectivity index (χ4n) is 1.22. The van der Waals surface area contributed by atoms with Crippen molar-refractivity contribution in [1.82, 2.24) is 0 Å². The zero-order valence-corrected chi connectivity index (χ0v) is 11.7. The summed E-state index contributed by atoms with van der Waals surface area (Å²) in [6, 6.07) is 0.166. The Bertz CT molecular complexity index is 650. The Kier molecular flexibility index (Phi) is 5.54.